The van der Waals surface area contributed by atoms with Gasteiger partial charge in [0, 0.05) is 11.9 Å². The van der Waals surface area contributed by atoms with E-state index in [4.69, 9.17) is 0 Å². The van der Waals surface area contributed by atoms with E-state index in [2.05, 4.69) is 53.5 Å². The minimum atomic E-state index is 0.188. The summed E-state index contributed by atoms with van der Waals surface area (Å²) in [7, 11) is 0. The van der Waals surface area contributed by atoms with E-state index < -0.39 is 0 Å². The fraction of sp³-hybridized carbons (Fsp3) is 0.750. The van der Waals surface area contributed by atoms with Gasteiger partial charge in [-0.1, -0.05) is 40.2 Å². The van der Waals surface area contributed by atoms with Crippen LogP contribution in [0.15, 0.2) is 16.8 Å². The van der Waals surface area contributed by atoms with Crippen molar-refractivity contribution in [3.63, 3.8) is 0 Å². The van der Waals surface area contributed by atoms with Gasteiger partial charge in [0.15, 0.2) is 0 Å². The van der Waals surface area contributed by atoms with Crippen molar-refractivity contribution >= 4 is 5.71 Å². The predicted octanol–water partition coefficient (Wildman–Crippen LogP) is 4.05. The van der Waals surface area contributed by atoms with Crippen LogP contribution in [0.4, 0.5) is 0 Å². The third-order valence-electron chi connectivity index (χ3n) is 2.46. The van der Waals surface area contributed by atoms with Crippen LogP contribution in [0.25, 0.3) is 0 Å². The van der Waals surface area contributed by atoms with E-state index >= 15 is 0 Å². The van der Waals surface area contributed by atoms with Crippen molar-refractivity contribution < 1.29 is 0 Å². The molecule has 0 amide bonds. The molecule has 0 saturated heterocycles. The van der Waals surface area contributed by atoms with Crippen LogP contribution in [0.3, 0.4) is 0 Å². The molecule has 0 aromatic carbocycles. The minimum Gasteiger partial charge on any atom is -0.265 e. The lowest BCUT2D eigenvalue weighted by molar-refractivity contribution is 0.587. The molecule has 0 aliphatic carbocycles. The SMILES string of the molecule is CC(=N/C=C(\C)C(C)C)C(C)(C)C. The monoisotopic (exact) mass is 181 g/mol. The Hall–Kier alpha value is -0.590. The molecule has 0 unspecified atom stereocenters. The molecule has 0 aliphatic heterocycles. The summed E-state index contributed by atoms with van der Waals surface area (Å²) in [6.45, 7) is 15.1. The molecule has 1 heteroatoms. The van der Waals surface area contributed by atoms with E-state index in [-0.39, 0.29) is 5.41 Å². The van der Waals surface area contributed by atoms with Crippen molar-refractivity contribution in [2.75, 3.05) is 0 Å². The molecule has 76 valence electrons. The Bertz CT molecular complexity index is 214. The van der Waals surface area contributed by atoms with Gasteiger partial charge in [0.1, 0.15) is 0 Å². The largest absolute Gasteiger partial charge is 0.265 e. The van der Waals surface area contributed by atoms with Gasteiger partial charge in [0.2, 0.25) is 0 Å². The zero-order valence-electron chi connectivity index (χ0n) is 10.1. The van der Waals surface area contributed by atoms with Crippen molar-refractivity contribution in [2.45, 2.75) is 48.5 Å². The van der Waals surface area contributed by atoms with E-state index in [9.17, 15) is 0 Å². The Morgan fingerprint density at radius 2 is 1.62 bits per heavy atom. The topological polar surface area (TPSA) is 12.4 Å². The normalized spacial score (nSPS) is 15.4. The summed E-state index contributed by atoms with van der Waals surface area (Å²) in [5.41, 5.74) is 2.71. The van der Waals surface area contributed by atoms with E-state index in [0.717, 1.165) is 0 Å². The van der Waals surface area contributed by atoms with Crippen LogP contribution >= 0.6 is 0 Å². The quantitative estimate of drug-likeness (QED) is 0.570. The van der Waals surface area contributed by atoms with Crippen molar-refractivity contribution in [2.24, 2.45) is 16.3 Å². The summed E-state index contributed by atoms with van der Waals surface area (Å²) in [5.74, 6) is 0.594. The van der Waals surface area contributed by atoms with Gasteiger partial charge in [0.25, 0.3) is 0 Å². The first-order valence-electron chi connectivity index (χ1n) is 4.96. The van der Waals surface area contributed by atoms with Gasteiger partial charge >= 0.3 is 0 Å². The minimum absolute atomic E-state index is 0.188. The summed E-state index contributed by atoms with van der Waals surface area (Å²) in [6, 6.07) is 0. The lowest BCUT2D eigenvalue weighted by Crippen LogP contribution is -2.16. The van der Waals surface area contributed by atoms with Crippen molar-refractivity contribution in [3.8, 4) is 0 Å². The smallest absolute Gasteiger partial charge is 0.0259 e. The molecular formula is C12H23N. The van der Waals surface area contributed by atoms with Gasteiger partial charge in [-0.2, -0.15) is 0 Å². The molecular weight excluding hydrogens is 158 g/mol. The number of nitrogens with zero attached hydrogens (tertiary/aromatic N) is 1. The second-order valence-electron chi connectivity index (χ2n) is 4.99. The molecule has 13 heavy (non-hydrogen) atoms. The Morgan fingerprint density at radius 3 is 1.92 bits per heavy atom. The lowest BCUT2D eigenvalue weighted by Gasteiger charge is -2.17. The molecule has 0 spiro atoms. The third-order valence-corrected chi connectivity index (χ3v) is 2.46. The number of hydrogen-bond acceptors (Lipinski definition) is 1. The van der Waals surface area contributed by atoms with Crippen LogP contribution in [0.2, 0.25) is 0 Å². The molecule has 0 heterocycles. The molecule has 0 saturated carbocycles. The molecule has 1 nitrogen and oxygen atoms in total. The summed E-state index contributed by atoms with van der Waals surface area (Å²) in [4.78, 5) is 4.47. The molecule has 0 rings (SSSR count). The number of allylic oxidation sites excluding steroid dienone is 1. The number of rotatable bonds is 2. The average Bonchev–Trinajstić information content (AvgIpc) is 1.97. The second kappa shape index (κ2) is 4.59. The molecule has 0 fully saturated rings. The van der Waals surface area contributed by atoms with Gasteiger partial charge in [-0.05, 0) is 25.2 Å². The maximum Gasteiger partial charge on any atom is 0.0259 e. The molecule has 0 bridgehead atoms. The highest BCUT2D eigenvalue weighted by Gasteiger charge is 2.13. The Kier molecular flexibility index (Phi) is 4.38. The molecule has 0 atom stereocenters. The summed E-state index contributed by atoms with van der Waals surface area (Å²) in [6.07, 6.45) is 1.99. The fourth-order valence-corrected chi connectivity index (χ4v) is 0.541. The number of hydrogen-bond donors (Lipinski definition) is 0. The highest BCUT2D eigenvalue weighted by atomic mass is 14.7. The van der Waals surface area contributed by atoms with Crippen LogP contribution in [0.1, 0.15) is 48.5 Å². The van der Waals surface area contributed by atoms with Crippen LogP contribution < -0.4 is 0 Å². The summed E-state index contributed by atoms with van der Waals surface area (Å²) >= 11 is 0. The molecule has 0 radical (unpaired) electrons. The first kappa shape index (κ1) is 12.4. The zero-order valence-corrected chi connectivity index (χ0v) is 10.1. The first-order chi connectivity index (χ1) is 5.75. The second-order valence-corrected chi connectivity index (χ2v) is 4.99. The van der Waals surface area contributed by atoms with E-state index in [0.29, 0.717) is 5.92 Å². The van der Waals surface area contributed by atoms with E-state index in [1.165, 1.54) is 11.3 Å². The fourth-order valence-electron chi connectivity index (χ4n) is 0.541. The molecule has 0 aromatic heterocycles. The third kappa shape index (κ3) is 4.87. The van der Waals surface area contributed by atoms with Gasteiger partial charge < -0.3 is 0 Å². The summed E-state index contributed by atoms with van der Waals surface area (Å²) < 4.78 is 0. The van der Waals surface area contributed by atoms with Crippen LogP contribution in [-0.4, -0.2) is 5.71 Å². The first-order valence-corrected chi connectivity index (χ1v) is 4.96. The van der Waals surface area contributed by atoms with Crippen molar-refractivity contribution in [1.82, 2.24) is 0 Å². The summed E-state index contributed by atoms with van der Waals surface area (Å²) in [5, 5.41) is 0. The standard InChI is InChI=1S/C12H23N/c1-9(2)10(3)8-13-11(4)12(5,6)7/h8-9H,1-7H3/b10-8+,13-11?. The average molecular weight is 181 g/mol. The van der Waals surface area contributed by atoms with Gasteiger partial charge in [-0.15, -0.1) is 0 Å². The zero-order chi connectivity index (χ0) is 10.6. The van der Waals surface area contributed by atoms with Gasteiger partial charge in [-0.3, -0.25) is 4.99 Å². The Morgan fingerprint density at radius 1 is 1.15 bits per heavy atom. The van der Waals surface area contributed by atoms with Crippen LogP contribution in [0, 0.1) is 11.3 Å². The van der Waals surface area contributed by atoms with Crippen molar-refractivity contribution in [3.05, 3.63) is 11.8 Å². The highest BCUT2D eigenvalue weighted by Crippen LogP contribution is 2.16. The van der Waals surface area contributed by atoms with Gasteiger partial charge in [-0.25, -0.2) is 0 Å². The molecule has 0 aliphatic rings. The molecule has 0 N–H and O–H groups in total. The van der Waals surface area contributed by atoms with Crippen molar-refractivity contribution in [1.29, 1.82) is 0 Å². The lowest BCUT2D eigenvalue weighted by atomic mass is 9.91. The van der Waals surface area contributed by atoms with Crippen LogP contribution in [0.5, 0.6) is 0 Å². The van der Waals surface area contributed by atoms with Crippen LogP contribution in [-0.2, 0) is 0 Å². The van der Waals surface area contributed by atoms with E-state index in [1.807, 2.05) is 6.20 Å². The molecule has 0 aromatic rings. The highest BCUT2D eigenvalue weighted by molar-refractivity contribution is 5.87. The Labute approximate surface area is 83.0 Å². The Balaban J connectivity index is 4.52. The maximum atomic E-state index is 4.47. The number of aliphatic imine (C=N–C) groups is 1. The van der Waals surface area contributed by atoms with Gasteiger partial charge in [0.05, 0.1) is 0 Å². The predicted molar refractivity (Wildman–Crippen MR) is 61.2 cm³/mol. The van der Waals surface area contributed by atoms with E-state index in [1.54, 1.807) is 0 Å². The maximum absolute atomic E-state index is 4.47.